The van der Waals surface area contributed by atoms with Crippen LogP contribution in [0.3, 0.4) is 0 Å². The van der Waals surface area contributed by atoms with E-state index in [4.69, 9.17) is 0 Å². The van der Waals surface area contributed by atoms with Gasteiger partial charge in [-0.1, -0.05) is 0 Å². The molecule has 1 aromatic carbocycles. The van der Waals surface area contributed by atoms with E-state index >= 15 is 0 Å². The molecule has 0 bridgehead atoms. The Labute approximate surface area is 95.1 Å². The second kappa shape index (κ2) is 4.26. The Balaban J connectivity index is 2.57. The first-order valence-corrected chi connectivity index (χ1v) is 5.53. The molecule has 0 saturated heterocycles. The van der Waals surface area contributed by atoms with Crippen molar-refractivity contribution in [1.29, 1.82) is 0 Å². The van der Waals surface area contributed by atoms with Crippen LogP contribution in [0.2, 0.25) is 0 Å². The van der Waals surface area contributed by atoms with Gasteiger partial charge in [0.1, 0.15) is 5.82 Å². The highest BCUT2D eigenvalue weighted by Crippen LogP contribution is 2.25. The standard InChI is InChI=1S/C13H17FN2/c1-9-11-5-4-10(14)8-13(11)16(3)12(9)6-7-15-2/h4-5,8,15H,6-7H2,1-3H3. The van der Waals surface area contributed by atoms with Crippen LogP contribution >= 0.6 is 0 Å². The molecule has 0 aliphatic carbocycles. The van der Waals surface area contributed by atoms with Gasteiger partial charge in [0.2, 0.25) is 0 Å². The van der Waals surface area contributed by atoms with E-state index in [1.54, 1.807) is 6.07 Å². The molecule has 0 saturated carbocycles. The molecule has 86 valence electrons. The molecule has 0 aliphatic heterocycles. The molecule has 3 heteroatoms. The largest absolute Gasteiger partial charge is 0.347 e. The third-order valence-corrected chi connectivity index (χ3v) is 3.17. The highest BCUT2D eigenvalue weighted by molar-refractivity contribution is 5.85. The molecule has 1 aromatic heterocycles. The molecule has 2 rings (SSSR count). The van der Waals surface area contributed by atoms with E-state index in [0.29, 0.717) is 0 Å². The summed E-state index contributed by atoms with van der Waals surface area (Å²) in [6, 6.07) is 4.99. The lowest BCUT2D eigenvalue weighted by Gasteiger charge is -2.04. The van der Waals surface area contributed by atoms with Crippen LogP contribution in [-0.4, -0.2) is 18.2 Å². The van der Waals surface area contributed by atoms with Gasteiger partial charge in [-0.15, -0.1) is 0 Å². The van der Waals surface area contributed by atoms with Gasteiger partial charge in [-0.2, -0.15) is 0 Å². The Kier molecular flexibility index (Phi) is 2.97. The minimum atomic E-state index is -0.173. The van der Waals surface area contributed by atoms with Crippen LogP contribution in [0, 0.1) is 12.7 Å². The summed E-state index contributed by atoms with van der Waals surface area (Å²) < 4.78 is 15.3. The van der Waals surface area contributed by atoms with Gasteiger partial charge in [-0.3, -0.25) is 0 Å². The van der Waals surface area contributed by atoms with Crippen molar-refractivity contribution in [2.45, 2.75) is 13.3 Å². The topological polar surface area (TPSA) is 17.0 Å². The summed E-state index contributed by atoms with van der Waals surface area (Å²) in [7, 11) is 3.94. The number of halogens is 1. The molecule has 16 heavy (non-hydrogen) atoms. The number of nitrogens with zero attached hydrogens (tertiary/aromatic N) is 1. The minimum absolute atomic E-state index is 0.173. The van der Waals surface area contributed by atoms with Crippen molar-refractivity contribution in [2.75, 3.05) is 13.6 Å². The minimum Gasteiger partial charge on any atom is -0.347 e. The average molecular weight is 220 g/mol. The number of hydrogen-bond acceptors (Lipinski definition) is 1. The SMILES string of the molecule is CNCCc1c(C)c2ccc(F)cc2n1C. The second-order valence-corrected chi connectivity index (χ2v) is 4.15. The highest BCUT2D eigenvalue weighted by Gasteiger charge is 2.11. The summed E-state index contributed by atoms with van der Waals surface area (Å²) in [5.74, 6) is -0.173. The fourth-order valence-electron chi connectivity index (χ4n) is 2.25. The van der Waals surface area contributed by atoms with E-state index in [-0.39, 0.29) is 5.82 Å². The maximum Gasteiger partial charge on any atom is 0.125 e. The molecule has 0 radical (unpaired) electrons. The Morgan fingerprint density at radius 1 is 1.38 bits per heavy atom. The van der Waals surface area contributed by atoms with E-state index in [9.17, 15) is 4.39 Å². The van der Waals surface area contributed by atoms with Crippen molar-refractivity contribution in [3.8, 4) is 0 Å². The van der Waals surface area contributed by atoms with Crippen LogP contribution in [0.25, 0.3) is 10.9 Å². The van der Waals surface area contributed by atoms with Crippen molar-refractivity contribution < 1.29 is 4.39 Å². The zero-order valence-electron chi connectivity index (χ0n) is 9.97. The van der Waals surface area contributed by atoms with Gasteiger partial charge in [0.25, 0.3) is 0 Å². The summed E-state index contributed by atoms with van der Waals surface area (Å²) in [5, 5.41) is 4.29. The first-order chi connectivity index (χ1) is 7.65. The van der Waals surface area contributed by atoms with Gasteiger partial charge >= 0.3 is 0 Å². The Morgan fingerprint density at radius 3 is 2.81 bits per heavy atom. The lowest BCUT2D eigenvalue weighted by molar-refractivity contribution is 0.628. The summed E-state index contributed by atoms with van der Waals surface area (Å²) >= 11 is 0. The molecule has 0 atom stereocenters. The molecule has 1 heterocycles. The third kappa shape index (κ3) is 1.71. The monoisotopic (exact) mass is 220 g/mol. The predicted octanol–water partition coefficient (Wildman–Crippen LogP) is 2.39. The van der Waals surface area contributed by atoms with E-state index in [1.165, 1.54) is 17.3 Å². The number of rotatable bonds is 3. The Bertz CT molecular complexity index is 514. The van der Waals surface area contributed by atoms with Gasteiger partial charge in [0.05, 0.1) is 5.52 Å². The Morgan fingerprint density at radius 2 is 2.12 bits per heavy atom. The fraction of sp³-hybridized carbons (Fsp3) is 0.385. The molecule has 0 amide bonds. The normalized spacial score (nSPS) is 11.2. The number of nitrogens with one attached hydrogen (secondary N) is 1. The van der Waals surface area contributed by atoms with E-state index in [0.717, 1.165) is 23.9 Å². The van der Waals surface area contributed by atoms with E-state index in [1.807, 2.05) is 20.2 Å². The van der Waals surface area contributed by atoms with Crippen molar-refractivity contribution in [3.05, 3.63) is 35.3 Å². The van der Waals surface area contributed by atoms with Crippen LogP contribution in [-0.2, 0) is 13.5 Å². The number of likely N-dealkylation sites (N-methyl/N-ethyl adjacent to an activating group) is 1. The summed E-state index contributed by atoms with van der Waals surface area (Å²) in [5.41, 5.74) is 3.51. The lowest BCUT2D eigenvalue weighted by atomic mass is 10.1. The van der Waals surface area contributed by atoms with Crippen LogP contribution in [0.1, 0.15) is 11.3 Å². The highest BCUT2D eigenvalue weighted by atomic mass is 19.1. The van der Waals surface area contributed by atoms with Gasteiger partial charge in [0.15, 0.2) is 0 Å². The van der Waals surface area contributed by atoms with Crippen molar-refractivity contribution >= 4 is 10.9 Å². The van der Waals surface area contributed by atoms with Gasteiger partial charge in [-0.25, -0.2) is 4.39 Å². The van der Waals surface area contributed by atoms with Crippen LogP contribution in [0.15, 0.2) is 18.2 Å². The first kappa shape index (κ1) is 11.1. The first-order valence-electron chi connectivity index (χ1n) is 5.53. The average Bonchev–Trinajstić information content (AvgIpc) is 2.50. The molecular weight excluding hydrogens is 203 g/mol. The number of aryl methyl sites for hydroxylation is 2. The molecule has 1 N–H and O–H groups in total. The quantitative estimate of drug-likeness (QED) is 0.840. The summed E-state index contributed by atoms with van der Waals surface area (Å²) in [6.45, 7) is 3.04. The number of benzene rings is 1. The van der Waals surface area contributed by atoms with Crippen molar-refractivity contribution in [1.82, 2.24) is 9.88 Å². The van der Waals surface area contributed by atoms with Crippen molar-refractivity contribution in [3.63, 3.8) is 0 Å². The number of fused-ring (bicyclic) bond motifs is 1. The van der Waals surface area contributed by atoms with Gasteiger partial charge < -0.3 is 9.88 Å². The van der Waals surface area contributed by atoms with Crippen LogP contribution in [0.5, 0.6) is 0 Å². The van der Waals surface area contributed by atoms with Gasteiger partial charge in [-0.05, 0) is 37.7 Å². The van der Waals surface area contributed by atoms with E-state index < -0.39 is 0 Å². The fourth-order valence-corrected chi connectivity index (χ4v) is 2.25. The summed E-state index contributed by atoms with van der Waals surface area (Å²) in [6.07, 6.45) is 0.967. The molecule has 0 aliphatic rings. The Hall–Kier alpha value is -1.35. The number of aromatic nitrogens is 1. The lowest BCUT2D eigenvalue weighted by Crippen LogP contribution is -2.12. The summed E-state index contributed by atoms with van der Waals surface area (Å²) in [4.78, 5) is 0. The van der Waals surface area contributed by atoms with E-state index in [2.05, 4.69) is 16.8 Å². The maximum atomic E-state index is 13.2. The number of hydrogen-bond donors (Lipinski definition) is 1. The molecule has 0 spiro atoms. The van der Waals surface area contributed by atoms with Crippen molar-refractivity contribution in [2.24, 2.45) is 7.05 Å². The van der Waals surface area contributed by atoms with Gasteiger partial charge in [0, 0.05) is 31.1 Å². The maximum absolute atomic E-state index is 13.2. The molecular formula is C13H17FN2. The molecule has 2 aromatic rings. The zero-order valence-corrected chi connectivity index (χ0v) is 9.97. The van der Waals surface area contributed by atoms with Crippen LogP contribution in [0.4, 0.5) is 4.39 Å². The molecule has 2 nitrogen and oxygen atoms in total. The zero-order chi connectivity index (χ0) is 11.7. The third-order valence-electron chi connectivity index (χ3n) is 3.17. The second-order valence-electron chi connectivity index (χ2n) is 4.15. The smallest absolute Gasteiger partial charge is 0.125 e. The molecule has 0 unspecified atom stereocenters. The predicted molar refractivity (Wildman–Crippen MR) is 65.2 cm³/mol. The van der Waals surface area contributed by atoms with Crippen LogP contribution < -0.4 is 5.32 Å². The molecule has 0 fully saturated rings.